The molecule has 3 N–H and O–H groups in total. The minimum Gasteiger partial charge on any atom is -0.393 e. The van der Waals surface area contributed by atoms with Crippen molar-refractivity contribution >= 4 is 17.7 Å². The van der Waals surface area contributed by atoms with Crippen LogP contribution in [-0.2, 0) is 19.1 Å². The van der Waals surface area contributed by atoms with Crippen LogP contribution in [0.1, 0.15) is 132 Å². The Morgan fingerprint density at radius 2 is 1.54 bits per heavy atom. The average molecular weight is 722 g/mol. The third-order valence-corrected chi connectivity index (χ3v) is 18.4. The van der Waals surface area contributed by atoms with Crippen LogP contribution in [-0.4, -0.2) is 72.7 Å². The summed E-state index contributed by atoms with van der Waals surface area (Å²) in [5, 5.41) is 17.7. The van der Waals surface area contributed by atoms with E-state index in [-0.39, 0.29) is 62.9 Å². The van der Waals surface area contributed by atoms with Crippen molar-refractivity contribution in [1.29, 1.82) is 0 Å². The molecule has 2 unspecified atom stereocenters. The monoisotopic (exact) mass is 722 g/mol. The molecule has 12 atom stereocenters. The standard InChI is InChI=1S/C44H71N3O5/c1-27(2)28-12-18-44(38(51)46-33-26-30(39(33,3)4)37(50)45-21-15-35(49)47-22-24-52-25-23-47)20-19-42(8)29(36(28)44)10-11-32-41(7)16-14-34(48)40(5,6)31(41)13-17-43(32,42)9/h28-34,36,48H,1,10-26H2,2-9H3,(H,45,50)(H,46,51)/t28-,29+,30?,31-,32+,33?,34-,36+,41-,42+,43+,44-/m0/s1. The Bertz CT molecular complexity index is 1450. The van der Waals surface area contributed by atoms with Crippen molar-refractivity contribution in [3.63, 3.8) is 0 Å². The lowest BCUT2D eigenvalue weighted by molar-refractivity contribution is -0.246. The first-order valence-corrected chi connectivity index (χ1v) is 21.1. The highest BCUT2D eigenvalue weighted by atomic mass is 16.5. The van der Waals surface area contributed by atoms with Crippen molar-refractivity contribution in [1.82, 2.24) is 15.5 Å². The molecule has 0 aromatic carbocycles. The number of aliphatic hydroxyl groups is 1. The highest BCUT2D eigenvalue weighted by molar-refractivity contribution is 5.86. The summed E-state index contributed by atoms with van der Waals surface area (Å²) in [6.07, 6.45) is 11.5. The highest BCUT2D eigenvalue weighted by Crippen LogP contribution is 2.77. The minimum absolute atomic E-state index is 0.0118. The van der Waals surface area contributed by atoms with Crippen LogP contribution in [0.25, 0.3) is 0 Å². The first kappa shape index (κ1) is 38.3. The predicted octanol–water partition coefficient (Wildman–Crippen LogP) is 6.90. The molecule has 6 aliphatic carbocycles. The quantitative estimate of drug-likeness (QED) is 0.248. The fourth-order valence-corrected chi connectivity index (χ4v) is 14.8. The van der Waals surface area contributed by atoms with Crippen LogP contribution in [0.3, 0.4) is 0 Å². The van der Waals surface area contributed by atoms with Gasteiger partial charge in [-0.2, -0.15) is 0 Å². The molecule has 3 amide bonds. The van der Waals surface area contributed by atoms with Gasteiger partial charge >= 0.3 is 0 Å². The summed E-state index contributed by atoms with van der Waals surface area (Å²) in [6, 6.07) is -0.0496. The van der Waals surface area contributed by atoms with E-state index in [1.165, 1.54) is 31.3 Å². The number of hydrogen-bond acceptors (Lipinski definition) is 5. The molecule has 292 valence electrons. The molecule has 7 fully saturated rings. The van der Waals surface area contributed by atoms with Gasteiger partial charge in [-0.05, 0) is 134 Å². The number of amides is 3. The van der Waals surface area contributed by atoms with E-state index in [1.807, 2.05) is 4.90 Å². The molecule has 7 aliphatic rings. The van der Waals surface area contributed by atoms with Crippen molar-refractivity contribution in [2.45, 2.75) is 145 Å². The van der Waals surface area contributed by atoms with Gasteiger partial charge in [-0.25, -0.2) is 0 Å². The van der Waals surface area contributed by atoms with E-state index >= 15 is 0 Å². The number of carbonyl (C=O) groups is 3. The van der Waals surface area contributed by atoms with Crippen LogP contribution in [0.2, 0.25) is 0 Å². The van der Waals surface area contributed by atoms with E-state index in [0.717, 1.165) is 38.5 Å². The summed E-state index contributed by atoms with van der Waals surface area (Å²) < 4.78 is 5.36. The van der Waals surface area contributed by atoms with Crippen LogP contribution < -0.4 is 10.6 Å². The number of morpholine rings is 1. The molecule has 52 heavy (non-hydrogen) atoms. The lowest BCUT2D eigenvalue weighted by Crippen LogP contribution is -2.68. The molecular weight excluding hydrogens is 651 g/mol. The minimum atomic E-state index is -0.391. The number of hydrogen-bond donors (Lipinski definition) is 3. The number of fused-ring (bicyclic) bond motifs is 7. The van der Waals surface area contributed by atoms with Gasteiger partial charge in [-0.15, -0.1) is 0 Å². The van der Waals surface area contributed by atoms with Crippen LogP contribution in [0.5, 0.6) is 0 Å². The zero-order valence-corrected chi connectivity index (χ0v) is 33.9. The van der Waals surface area contributed by atoms with Crippen LogP contribution in [0, 0.1) is 68.0 Å². The van der Waals surface area contributed by atoms with E-state index in [2.05, 4.69) is 72.6 Å². The average Bonchev–Trinajstić information content (AvgIpc) is 3.50. The SMILES string of the molecule is C=C(C)[C@@H]1CC[C@]2(C(=O)NC3CC(C(=O)NCCC(=O)N4CCOCC4)C3(C)C)CC[C@]3(C)[C@H](CC[C@@H]4[C@@]5(C)CC[C@H](O)C(C)(C)[C@@H]5CC[C@]43C)[C@@H]12. The lowest BCUT2D eigenvalue weighted by Gasteiger charge is -2.72. The molecule has 1 heterocycles. The van der Waals surface area contributed by atoms with Crippen molar-refractivity contribution in [3.05, 3.63) is 12.2 Å². The zero-order valence-electron chi connectivity index (χ0n) is 33.9. The summed E-state index contributed by atoms with van der Waals surface area (Å²) in [6.45, 7) is 26.2. The normalized spacial score (nSPS) is 46.0. The summed E-state index contributed by atoms with van der Waals surface area (Å²) in [5.41, 5.74) is 1.01. The van der Waals surface area contributed by atoms with E-state index < -0.39 is 5.41 Å². The number of allylic oxidation sites excluding steroid dienone is 1. The van der Waals surface area contributed by atoms with Crippen LogP contribution >= 0.6 is 0 Å². The van der Waals surface area contributed by atoms with Crippen molar-refractivity contribution < 1.29 is 24.2 Å². The Balaban J connectivity index is 1.05. The summed E-state index contributed by atoms with van der Waals surface area (Å²) >= 11 is 0. The molecule has 0 aromatic rings. The number of nitrogens with zero attached hydrogens (tertiary/aromatic N) is 1. The second kappa shape index (κ2) is 13.1. The molecule has 1 saturated heterocycles. The molecule has 6 saturated carbocycles. The Kier molecular flexibility index (Phi) is 9.65. The smallest absolute Gasteiger partial charge is 0.226 e. The maximum absolute atomic E-state index is 14.9. The second-order valence-electron chi connectivity index (χ2n) is 20.9. The number of aliphatic hydroxyl groups excluding tert-OH is 1. The largest absolute Gasteiger partial charge is 0.393 e. The van der Waals surface area contributed by atoms with Gasteiger partial charge in [-0.1, -0.05) is 60.6 Å². The van der Waals surface area contributed by atoms with Gasteiger partial charge in [0.1, 0.15) is 0 Å². The van der Waals surface area contributed by atoms with E-state index in [9.17, 15) is 19.5 Å². The third kappa shape index (κ3) is 5.51. The fraction of sp³-hybridized carbons (Fsp3) is 0.886. The zero-order chi connectivity index (χ0) is 37.6. The third-order valence-electron chi connectivity index (χ3n) is 18.4. The highest BCUT2D eigenvalue weighted by Gasteiger charge is 2.72. The van der Waals surface area contributed by atoms with E-state index in [0.29, 0.717) is 75.3 Å². The van der Waals surface area contributed by atoms with Gasteiger partial charge < -0.3 is 25.4 Å². The van der Waals surface area contributed by atoms with Gasteiger partial charge in [0.05, 0.1) is 24.7 Å². The number of nitrogens with one attached hydrogen (secondary N) is 2. The lowest BCUT2D eigenvalue weighted by atomic mass is 9.32. The molecule has 7 rings (SSSR count). The Labute approximate surface area is 314 Å². The van der Waals surface area contributed by atoms with Gasteiger partial charge in [0, 0.05) is 38.0 Å². The summed E-state index contributed by atoms with van der Waals surface area (Å²) in [4.78, 5) is 42.7. The Hall–Kier alpha value is -1.93. The topological polar surface area (TPSA) is 108 Å². The Morgan fingerprint density at radius 3 is 2.21 bits per heavy atom. The van der Waals surface area contributed by atoms with Gasteiger partial charge in [0.25, 0.3) is 0 Å². The number of rotatable bonds is 7. The molecule has 8 heteroatoms. The summed E-state index contributed by atoms with van der Waals surface area (Å²) in [5.74, 6) is 2.39. The molecule has 0 spiro atoms. The fourth-order valence-electron chi connectivity index (χ4n) is 14.8. The molecule has 8 nitrogen and oxygen atoms in total. The van der Waals surface area contributed by atoms with Crippen molar-refractivity contribution in [2.24, 2.45) is 68.0 Å². The van der Waals surface area contributed by atoms with E-state index in [4.69, 9.17) is 4.74 Å². The van der Waals surface area contributed by atoms with Crippen LogP contribution in [0.4, 0.5) is 0 Å². The van der Waals surface area contributed by atoms with Gasteiger partial charge in [0.15, 0.2) is 0 Å². The molecular formula is C44H71N3O5. The first-order valence-electron chi connectivity index (χ1n) is 21.1. The molecule has 1 aliphatic heterocycles. The molecule has 0 aromatic heterocycles. The second-order valence-corrected chi connectivity index (χ2v) is 20.9. The predicted molar refractivity (Wildman–Crippen MR) is 204 cm³/mol. The maximum atomic E-state index is 14.9. The summed E-state index contributed by atoms with van der Waals surface area (Å²) in [7, 11) is 0. The van der Waals surface area contributed by atoms with Crippen molar-refractivity contribution in [2.75, 3.05) is 32.8 Å². The van der Waals surface area contributed by atoms with E-state index in [1.54, 1.807) is 0 Å². The maximum Gasteiger partial charge on any atom is 0.226 e. The Morgan fingerprint density at radius 1 is 0.827 bits per heavy atom. The molecule has 0 radical (unpaired) electrons. The molecule has 0 bridgehead atoms. The first-order chi connectivity index (χ1) is 24.3. The number of ether oxygens (including phenoxy) is 1. The van der Waals surface area contributed by atoms with Crippen LogP contribution in [0.15, 0.2) is 12.2 Å². The van der Waals surface area contributed by atoms with Gasteiger partial charge in [0.2, 0.25) is 17.7 Å². The van der Waals surface area contributed by atoms with Gasteiger partial charge in [-0.3, -0.25) is 14.4 Å². The number of carbonyl (C=O) groups excluding carboxylic acids is 3. The van der Waals surface area contributed by atoms with Crippen molar-refractivity contribution in [3.8, 4) is 0 Å².